The molecule has 7 heteroatoms. The number of thiophene rings is 1. The summed E-state index contributed by atoms with van der Waals surface area (Å²) in [5, 5.41) is 4.62. The van der Waals surface area contributed by atoms with Crippen LogP contribution in [0.15, 0.2) is 29.0 Å². The van der Waals surface area contributed by atoms with Gasteiger partial charge >= 0.3 is 0 Å². The minimum atomic E-state index is 0.463. The number of nitrogens with zero attached hydrogens (tertiary/aromatic N) is 4. The standard InChI is InChI=1S/C10H9N5OS/c1-15-5-4-12-9(15)8-13-10(16-14-8)6-2-3-7(11)17-6/h2-5H,11H2,1H3. The molecule has 3 rings (SSSR count). The number of hydrogen-bond acceptors (Lipinski definition) is 6. The van der Waals surface area contributed by atoms with Crippen molar-refractivity contribution in [3.63, 3.8) is 0 Å². The van der Waals surface area contributed by atoms with E-state index in [2.05, 4.69) is 15.1 Å². The molecule has 3 aromatic rings. The van der Waals surface area contributed by atoms with Crippen LogP contribution >= 0.6 is 11.3 Å². The Kier molecular flexibility index (Phi) is 2.19. The molecule has 6 nitrogen and oxygen atoms in total. The van der Waals surface area contributed by atoms with Crippen molar-refractivity contribution in [1.82, 2.24) is 19.7 Å². The van der Waals surface area contributed by atoms with Gasteiger partial charge in [0.25, 0.3) is 5.89 Å². The maximum Gasteiger partial charge on any atom is 0.268 e. The van der Waals surface area contributed by atoms with Crippen molar-refractivity contribution < 1.29 is 4.52 Å². The highest BCUT2D eigenvalue weighted by atomic mass is 32.1. The molecule has 17 heavy (non-hydrogen) atoms. The number of anilines is 1. The summed E-state index contributed by atoms with van der Waals surface area (Å²) in [5.41, 5.74) is 5.65. The van der Waals surface area contributed by atoms with Gasteiger partial charge in [-0.1, -0.05) is 5.16 Å². The van der Waals surface area contributed by atoms with Gasteiger partial charge in [-0.2, -0.15) is 4.98 Å². The van der Waals surface area contributed by atoms with Gasteiger partial charge in [-0.05, 0) is 12.1 Å². The molecule has 3 heterocycles. The Morgan fingerprint density at radius 1 is 1.41 bits per heavy atom. The van der Waals surface area contributed by atoms with E-state index < -0.39 is 0 Å². The lowest BCUT2D eigenvalue weighted by Crippen LogP contribution is -1.92. The van der Waals surface area contributed by atoms with Gasteiger partial charge in [0.15, 0.2) is 5.82 Å². The summed E-state index contributed by atoms with van der Waals surface area (Å²) < 4.78 is 7.01. The Balaban J connectivity index is 2.01. The Bertz CT molecular complexity index is 653. The van der Waals surface area contributed by atoms with Crippen molar-refractivity contribution in [2.45, 2.75) is 0 Å². The van der Waals surface area contributed by atoms with Crippen molar-refractivity contribution in [2.75, 3.05) is 5.73 Å². The van der Waals surface area contributed by atoms with Gasteiger partial charge in [0.1, 0.15) is 0 Å². The maximum absolute atomic E-state index is 5.65. The molecule has 0 aliphatic heterocycles. The van der Waals surface area contributed by atoms with Crippen molar-refractivity contribution >= 4 is 16.3 Å². The molecule has 0 atom stereocenters. The average Bonchev–Trinajstić information content (AvgIpc) is 2.97. The molecular formula is C10H9N5OS. The number of hydrogen-bond donors (Lipinski definition) is 1. The zero-order valence-electron chi connectivity index (χ0n) is 8.99. The van der Waals surface area contributed by atoms with E-state index in [1.807, 2.05) is 29.9 Å². The molecule has 2 N–H and O–H groups in total. The van der Waals surface area contributed by atoms with Crippen LogP contribution in [0.2, 0.25) is 0 Å². The third kappa shape index (κ3) is 1.70. The fourth-order valence-electron chi connectivity index (χ4n) is 1.46. The maximum atomic E-state index is 5.65. The molecule has 0 radical (unpaired) electrons. The van der Waals surface area contributed by atoms with Crippen molar-refractivity contribution in [2.24, 2.45) is 7.05 Å². The van der Waals surface area contributed by atoms with Crippen molar-refractivity contribution in [3.05, 3.63) is 24.5 Å². The van der Waals surface area contributed by atoms with Crippen LogP contribution in [0, 0.1) is 0 Å². The van der Waals surface area contributed by atoms with E-state index in [0.29, 0.717) is 17.5 Å². The summed E-state index contributed by atoms with van der Waals surface area (Å²) in [6, 6.07) is 3.67. The monoisotopic (exact) mass is 247 g/mol. The van der Waals surface area contributed by atoms with E-state index in [1.165, 1.54) is 11.3 Å². The lowest BCUT2D eigenvalue weighted by atomic mass is 10.4. The first-order chi connectivity index (χ1) is 8.24. The van der Waals surface area contributed by atoms with Gasteiger partial charge in [-0.3, -0.25) is 0 Å². The van der Waals surface area contributed by atoms with Gasteiger partial charge < -0.3 is 14.8 Å². The first-order valence-electron chi connectivity index (χ1n) is 4.91. The largest absolute Gasteiger partial charge is 0.391 e. The fourth-order valence-corrected chi connectivity index (χ4v) is 2.16. The summed E-state index contributed by atoms with van der Waals surface area (Å²) in [7, 11) is 1.88. The number of aromatic nitrogens is 4. The normalized spacial score (nSPS) is 10.9. The van der Waals surface area contributed by atoms with Gasteiger partial charge in [0.2, 0.25) is 5.82 Å². The second-order valence-electron chi connectivity index (χ2n) is 3.49. The first-order valence-corrected chi connectivity index (χ1v) is 5.73. The quantitative estimate of drug-likeness (QED) is 0.746. The van der Waals surface area contributed by atoms with E-state index in [9.17, 15) is 0 Å². The zero-order chi connectivity index (χ0) is 11.8. The lowest BCUT2D eigenvalue weighted by molar-refractivity contribution is 0.432. The van der Waals surface area contributed by atoms with Gasteiger partial charge in [-0.15, -0.1) is 11.3 Å². The molecule has 0 fully saturated rings. The molecule has 0 saturated carbocycles. The van der Waals surface area contributed by atoms with E-state index in [-0.39, 0.29) is 0 Å². The zero-order valence-corrected chi connectivity index (χ0v) is 9.81. The third-order valence-corrected chi connectivity index (χ3v) is 3.19. The summed E-state index contributed by atoms with van der Waals surface area (Å²) in [6.45, 7) is 0. The highest BCUT2D eigenvalue weighted by Gasteiger charge is 2.14. The molecule has 0 unspecified atom stereocenters. The second-order valence-corrected chi connectivity index (χ2v) is 4.60. The smallest absolute Gasteiger partial charge is 0.268 e. The van der Waals surface area contributed by atoms with Gasteiger partial charge in [0, 0.05) is 19.4 Å². The Labute approximate surface area is 101 Å². The minimum absolute atomic E-state index is 0.463. The van der Waals surface area contributed by atoms with Gasteiger partial charge in [-0.25, -0.2) is 4.98 Å². The summed E-state index contributed by atoms with van der Waals surface area (Å²) in [6.07, 6.45) is 3.52. The predicted molar refractivity (Wildman–Crippen MR) is 64.2 cm³/mol. The molecule has 0 bridgehead atoms. The molecule has 86 valence electrons. The molecule has 0 amide bonds. The lowest BCUT2D eigenvalue weighted by Gasteiger charge is -1.92. The van der Waals surface area contributed by atoms with Crippen LogP contribution in [0.5, 0.6) is 0 Å². The molecule has 0 aliphatic rings. The second kappa shape index (κ2) is 3.70. The molecule has 3 aromatic heterocycles. The highest BCUT2D eigenvalue weighted by Crippen LogP contribution is 2.29. The van der Waals surface area contributed by atoms with E-state index in [4.69, 9.17) is 10.3 Å². The molecule has 0 aromatic carbocycles. The third-order valence-electron chi connectivity index (χ3n) is 2.28. The predicted octanol–water partition coefficient (Wildman–Crippen LogP) is 1.78. The number of aryl methyl sites for hydroxylation is 1. The minimum Gasteiger partial charge on any atom is -0.391 e. The van der Waals surface area contributed by atoms with E-state index in [0.717, 1.165) is 9.88 Å². The Morgan fingerprint density at radius 2 is 2.29 bits per heavy atom. The molecular weight excluding hydrogens is 238 g/mol. The summed E-state index contributed by atoms with van der Waals surface area (Å²) in [5.74, 6) is 1.61. The Hall–Kier alpha value is -2.15. The Morgan fingerprint density at radius 3 is 2.94 bits per heavy atom. The van der Waals surface area contributed by atoms with Crippen LogP contribution in [-0.4, -0.2) is 19.7 Å². The molecule has 0 aliphatic carbocycles. The van der Waals surface area contributed by atoms with Crippen LogP contribution in [0.4, 0.5) is 5.00 Å². The number of nitrogens with two attached hydrogens (primary N) is 1. The SMILES string of the molecule is Cn1ccnc1-c1noc(-c2ccc(N)s2)n1. The average molecular weight is 247 g/mol. The van der Waals surface area contributed by atoms with Crippen LogP contribution < -0.4 is 5.73 Å². The van der Waals surface area contributed by atoms with E-state index in [1.54, 1.807) is 6.20 Å². The topological polar surface area (TPSA) is 82.8 Å². The number of nitrogen functional groups attached to an aromatic ring is 1. The van der Waals surface area contributed by atoms with Crippen molar-refractivity contribution in [1.29, 1.82) is 0 Å². The highest BCUT2D eigenvalue weighted by molar-refractivity contribution is 7.19. The number of rotatable bonds is 2. The van der Waals surface area contributed by atoms with Crippen LogP contribution in [0.25, 0.3) is 22.4 Å². The number of imidazole rings is 1. The summed E-state index contributed by atoms with van der Waals surface area (Å²) in [4.78, 5) is 9.30. The molecule has 0 saturated heterocycles. The van der Waals surface area contributed by atoms with Crippen molar-refractivity contribution in [3.8, 4) is 22.4 Å². The molecule has 0 spiro atoms. The van der Waals surface area contributed by atoms with Gasteiger partial charge in [0.05, 0.1) is 9.88 Å². The van der Waals surface area contributed by atoms with Crippen LogP contribution in [0.1, 0.15) is 0 Å². The van der Waals surface area contributed by atoms with E-state index >= 15 is 0 Å². The first kappa shape index (κ1) is 10.0. The van der Waals surface area contributed by atoms with Crippen LogP contribution in [-0.2, 0) is 7.05 Å². The fraction of sp³-hybridized carbons (Fsp3) is 0.100. The summed E-state index contributed by atoms with van der Waals surface area (Å²) >= 11 is 1.41. The van der Waals surface area contributed by atoms with Crippen LogP contribution in [0.3, 0.4) is 0 Å².